The fraction of sp³-hybridized carbons (Fsp3) is 0.300. The molecular formula is C20H20F2N8O. The van der Waals surface area contributed by atoms with Gasteiger partial charge in [0, 0.05) is 43.2 Å². The molecule has 11 heteroatoms. The van der Waals surface area contributed by atoms with Crippen LogP contribution in [0.25, 0.3) is 22.5 Å². The first kappa shape index (κ1) is 21.8. The van der Waals surface area contributed by atoms with Gasteiger partial charge >= 0.3 is 0 Å². The molecule has 3 aromatic heterocycles. The van der Waals surface area contributed by atoms with Crippen LogP contribution in [0, 0.1) is 18.3 Å². The van der Waals surface area contributed by atoms with E-state index in [4.69, 9.17) is 5.26 Å². The number of rotatable bonds is 8. The third-order valence-corrected chi connectivity index (χ3v) is 4.21. The van der Waals surface area contributed by atoms with Gasteiger partial charge in [0.1, 0.15) is 18.1 Å². The number of pyridine rings is 1. The molecule has 0 unspecified atom stereocenters. The summed E-state index contributed by atoms with van der Waals surface area (Å²) in [6.07, 6.45) is 2.29. The van der Waals surface area contributed by atoms with E-state index in [2.05, 4.69) is 30.7 Å². The van der Waals surface area contributed by atoms with Crippen molar-refractivity contribution < 1.29 is 13.6 Å². The third kappa shape index (κ3) is 5.57. The maximum atomic E-state index is 13.0. The molecule has 0 spiro atoms. The fourth-order valence-electron chi connectivity index (χ4n) is 2.92. The lowest BCUT2D eigenvalue weighted by Gasteiger charge is -2.09. The molecule has 0 radical (unpaired) electrons. The maximum absolute atomic E-state index is 13.0. The standard InChI is InChI=1S/C20H20F2N8O/c1-12-8-18(27-13(2)31)26-9-14(12)19-15(10-30(29-19)11-17(21)22)16-4-7-25-20(28-16)24-6-3-5-23/h4,7-10,17H,3,6,11H2,1-2H3,(H,24,25,28)(H,26,27,31). The summed E-state index contributed by atoms with van der Waals surface area (Å²) >= 11 is 0. The number of carbonyl (C=O) groups is 1. The minimum atomic E-state index is -2.57. The molecule has 3 heterocycles. The lowest BCUT2D eigenvalue weighted by molar-refractivity contribution is -0.114. The number of nitrogens with zero attached hydrogens (tertiary/aromatic N) is 6. The first-order chi connectivity index (χ1) is 14.9. The van der Waals surface area contributed by atoms with Gasteiger partial charge < -0.3 is 10.6 Å². The summed E-state index contributed by atoms with van der Waals surface area (Å²) in [6, 6.07) is 5.36. The zero-order valence-electron chi connectivity index (χ0n) is 16.9. The van der Waals surface area contributed by atoms with Gasteiger partial charge in [-0.25, -0.2) is 23.7 Å². The van der Waals surface area contributed by atoms with Crippen molar-refractivity contribution >= 4 is 17.7 Å². The number of amides is 1. The van der Waals surface area contributed by atoms with Gasteiger partial charge in [-0.15, -0.1) is 0 Å². The molecule has 0 aromatic carbocycles. The highest BCUT2D eigenvalue weighted by molar-refractivity contribution is 5.88. The van der Waals surface area contributed by atoms with E-state index in [0.717, 1.165) is 5.56 Å². The number of alkyl halides is 2. The van der Waals surface area contributed by atoms with Crippen LogP contribution in [0.3, 0.4) is 0 Å². The first-order valence-corrected chi connectivity index (χ1v) is 9.42. The van der Waals surface area contributed by atoms with Crippen molar-refractivity contribution in [1.29, 1.82) is 5.26 Å². The van der Waals surface area contributed by atoms with Gasteiger partial charge in [-0.05, 0) is 24.6 Å². The van der Waals surface area contributed by atoms with E-state index < -0.39 is 13.0 Å². The molecular weight excluding hydrogens is 406 g/mol. The third-order valence-electron chi connectivity index (χ3n) is 4.21. The van der Waals surface area contributed by atoms with Crippen LogP contribution in [0.2, 0.25) is 0 Å². The summed E-state index contributed by atoms with van der Waals surface area (Å²) in [5.41, 5.74) is 2.82. The Balaban J connectivity index is 2.03. The van der Waals surface area contributed by atoms with Crippen molar-refractivity contribution in [2.75, 3.05) is 17.2 Å². The Kier molecular flexibility index (Phi) is 6.81. The topological polar surface area (TPSA) is 121 Å². The molecule has 0 atom stereocenters. The lowest BCUT2D eigenvalue weighted by atomic mass is 10.0. The van der Waals surface area contributed by atoms with Crippen LogP contribution in [0.5, 0.6) is 0 Å². The number of hydrogen-bond acceptors (Lipinski definition) is 7. The Morgan fingerprint density at radius 1 is 1.32 bits per heavy atom. The highest BCUT2D eigenvalue weighted by Crippen LogP contribution is 2.32. The molecule has 0 aliphatic heterocycles. The molecule has 0 aliphatic carbocycles. The predicted molar refractivity (Wildman–Crippen MR) is 110 cm³/mol. The van der Waals surface area contributed by atoms with Crippen molar-refractivity contribution in [2.45, 2.75) is 33.2 Å². The highest BCUT2D eigenvalue weighted by Gasteiger charge is 2.19. The minimum Gasteiger partial charge on any atom is -0.353 e. The van der Waals surface area contributed by atoms with Crippen molar-refractivity contribution in [3.8, 4) is 28.6 Å². The summed E-state index contributed by atoms with van der Waals surface area (Å²) in [7, 11) is 0. The number of hydrogen-bond donors (Lipinski definition) is 2. The van der Waals surface area contributed by atoms with E-state index in [9.17, 15) is 13.6 Å². The van der Waals surface area contributed by atoms with Crippen LogP contribution in [0.15, 0.2) is 30.7 Å². The van der Waals surface area contributed by atoms with E-state index in [0.29, 0.717) is 40.8 Å². The molecule has 9 nitrogen and oxygen atoms in total. The van der Waals surface area contributed by atoms with Gasteiger partial charge in [0.2, 0.25) is 11.9 Å². The Morgan fingerprint density at radius 3 is 2.81 bits per heavy atom. The van der Waals surface area contributed by atoms with Crippen LogP contribution in [-0.4, -0.2) is 43.6 Å². The van der Waals surface area contributed by atoms with Crippen LogP contribution in [0.4, 0.5) is 20.5 Å². The molecule has 31 heavy (non-hydrogen) atoms. The van der Waals surface area contributed by atoms with Crippen LogP contribution in [0.1, 0.15) is 18.9 Å². The van der Waals surface area contributed by atoms with Crippen molar-refractivity contribution in [3.05, 3.63) is 36.3 Å². The minimum absolute atomic E-state index is 0.251. The van der Waals surface area contributed by atoms with Gasteiger partial charge in [-0.2, -0.15) is 10.4 Å². The Bertz CT molecular complexity index is 1120. The van der Waals surface area contributed by atoms with E-state index in [1.54, 1.807) is 12.1 Å². The molecule has 0 saturated heterocycles. The fourth-order valence-corrected chi connectivity index (χ4v) is 2.92. The van der Waals surface area contributed by atoms with Crippen molar-refractivity contribution in [2.24, 2.45) is 0 Å². The monoisotopic (exact) mass is 426 g/mol. The van der Waals surface area contributed by atoms with Gasteiger partial charge in [0.05, 0.1) is 18.2 Å². The number of carbonyl (C=O) groups excluding carboxylic acids is 1. The van der Waals surface area contributed by atoms with Gasteiger partial charge in [0.25, 0.3) is 6.43 Å². The molecule has 1 amide bonds. The van der Waals surface area contributed by atoms with E-state index in [1.165, 1.54) is 30.2 Å². The molecule has 0 saturated carbocycles. The largest absolute Gasteiger partial charge is 0.353 e. The Labute approximate surface area is 177 Å². The van der Waals surface area contributed by atoms with Crippen LogP contribution >= 0.6 is 0 Å². The summed E-state index contributed by atoms with van der Waals surface area (Å²) in [5, 5.41) is 18.6. The highest BCUT2D eigenvalue weighted by atomic mass is 19.3. The van der Waals surface area contributed by atoms with E-state index in [-0.39, 0.29) is 12.3 Å². The zero-order chi connectivity index (χ0) is 22.4. The average Bonchev–Trinajstić information content (AvgIpc) is 3.11. The SMILES string of the molecule is CC(=O)Nc1cc(C)c(-c2nn(CC(F)F)cc2-c2ccnc(NCCC#N)n2)cn1. The predicted octanol–water partition coefficient (Wildman–Crippen LogP) is 3.26. The summed E-state index contributed by atoms with van der Waals surface area (Å²) in [4.78, 5) is 24.0. The van der Waals surface area contributed by atoms with E-state index in [1.807, 2.05) is 13.0 Å². The Hall–Kier alpha value is -3.94. The second-order valence-electron chi connectivity index (χ2n) is 6.67. The van der Waals surface area contributed by atoms with Crippen molar-refractivity contribution in [1.82, 2.24) is 24.7 Å². The normalized spacial score (nSPS) is 10.7. The lowest BCUT2D eigenvalue weighted by Crippen LogP contribution is -2.08. The summed E-state index contributed by atoms with van der Waals surface area (Å²) < 4.78 is 27.1. The summed E-state index contributed by atoms with van der Waals surface area (Å²) in [6.45, 7) is 3.01. The maximum Gasteiger partial charge on any atom is 0.257 e. The van der Waals surface area contributed by atoms with Gasteiger partial charge in [0.15, 0.2) is 0 Å². The van der Waals surface area contributed by atoms with Crippen molar-refractivity contribution in [3.63, 3.8) is 0 Å². The van der Waals surface area contributed by atoms with Gasteiger partial charge in [-0.3, -0.25) is 9.48 Å². The molecule has 3 rings (SSSR count). The van der Waals surface area contributed by atoms with E-state index >= 15 is 0 Å². The second-order valence-corrected chi connectivity index (χ2v) is 6.67. The Morgan fingerprint density at radius 2 is 2.13 bits per heavy atom. The molecule has 2 N–H and O–H groups in total. The molecule has 0 fully saturated rings. The number of nitrogens with one attached hydrogen (secondary N) is 2. The van der Waals surface area contributed by atoms with Crippen LogP contribution < -0.4 is 10.6 Å². The number of aromatic nitrogens is 5. The van der Waals surface area contributed by atoms with Crippen LogP contribution in [-0.2, 0) is 11.3 Å². The first-order valence-electron chi connectivity index (χ1n) is 9.42. The molecule has 3 aromatic rings. The number of halogens is 2. The second kappa shape index (κ2) is 9.71. The van der Waals surface area contributed by atoms with Gasteiger partial charge in [-0.1, -0.05) is 0 Å². The zero-order valence-corrected chi connectivity index (χ0v) is 16.9. The number of nitriles is 1. The molecule has 160 valence electrons. The smallest absolute Gasteiger partial charge is 0.257 e. The average molecular weight is 426 g/mol. The molecule has 0 aliphatic rings. The number of anilines is 2. The quantitative estimate of drug-likeness (QED) is 0.530. The molecule has 0 bridgehead atoms. The summed E-state index contributed by atoms with van der Waals surface area (Å²) in [5.74, 6) is 0.448. The number of aryl methyl sites for hydroxylation is 1.